The fourth-order valence-electron chi connectivity index (χ4n) is 3.01. The minimum atomic E-state index is 0.254. The van der Waals surface area contributed by atoms with E-state index in [0.29, 0.717) is 12.0 Å². The van der Waals surface area contributed by atoms with E-state index in [1.165, 1.54) is 25.8 Å². The maximum Gasteiger partial charge on any atom is 0.191 e. The van der Waals surface area contributed by atoms with Crippen LogP contribution < -0.4 is 5.73 Å². The van der Waals surface area contributed by atoms with Gasteiger partial charge in [-0.25, -0.2) is 0 Å². The van der Waals surface area contributed by atoms with Crippen molar-refractivity contribution in [2.75, 3.05) is 39.3 Å². The van der Waals surface area contributed by atoms with E-state index in [9.17, 15) is 0 Å². The van der Waals surface area contributed by atoms with Crippen LogP contribution in [0.25, 0.3) is 0 Å². The van der Waals surface area contributed by atoms with Crippen molar-refractivity contribution in [2.45, 2.75) is 45.3 Å². The number of rotatable bonds is 3. The smallest absolute Gasteiger partial charge is 0.191 e. The molecule has 19 heavy (non-hydrogen) atoms. The first-order valence-corrected chi connectivity index (χ1v) is 7.61. The molecule has 2 unspecified atom stereocenters. The van der Waals surface area contributed by atoms with Gasteiger partial charge in [-0.2, -0.15) is 0 Å². The lowest BCUT2D eigenvalue weighted by Crippen LogP contribution is -2.48. The first-order valence-electron chi connectivity index (χ1n) is 7.61. The van der Waals surface area contributed by atoms with Gasteiger partial charge in [0, 0.05) is 19.1 Å². The average molecular weight is 268 g/mol. The van der Waals surface area contributed by atoms with E-state index < -0.39 is 0 Å². The fourth-order valence-corrected chi connectivity index (χ4v) is 3.01. The summed E-state index contributed by atoms with van der Waals surface area (Å²) in [4.78, 5) is 9.30. The Morgan fingerprint density at radius 3 is 2.95 bits per heavy atom. The van der Waals surface area contributed by atoms with Gasteiger partial charge in [0.1, 0.15) is 0 Å². The van der Waals surface area contributed by atoms with Crippen LogP contribution in [-0.4, -0.2) is 67.2 Å². The second kappa shape index (κ2) is 7.10. The monoisotopic (exact) mass is 268 g/mol. The highest BCUT2D eigenvalue weighted by atomic mass is 16.5. The lowest BCUT2D eigenvalue weighted by atomic mass is 10.0. The molecule has 2 rings (SSSR count). The number of nitrogens with zero attached hydrogens (tertiary/aromatic N) is 3. The maximum absolute atomic E-state index is 6.12. The molecule has 0 aliphatic carbocycles. The molecule has 0 bridgehead atoms. The van der Waals surface area contributed by atoms with E-state index in [4.69, 9.17) is 10.5 Å². The van der Waals surface area contributed by atoms with Gasteiger partial charge in [-0.3, -0.25) is 9.89 Å². The summed E-state index contributed by atoms with van der Waals surface area (Å²) in [5.74, 6) is 0.691. The first-order chi connectivity index (χ1) is 9.20. The number of morpholine rings is 1. The Morgan fingerprint density at radius 2 is 2.21 bits per heavy atom. The van der Waals surface area contributed by atoms with Gasteiger partial charge in [-0.15, -0.1) is 0 Å². The van der Waals surface area contributed by atoms with Crippen LogP contribution in [0.4, 0.5) is 0 Å². The van der Waals surface area contributed by atoms with Gasteiger partial charge < -0.3 is 15.4 Å². The van der Waals surface area contributed by atoms with Crippen LogP contribution >= 0.6 is 0 Å². The Labute approximate surface area is 116 Å². The van der Waals surface area contributed by atoms with Crippen molar-refractivity contribution in [1.29, 1.82) is 0 Å². The molecule has 2 atom stereocenters. The lowest BCUT2D eigenvalue weighted by molar-refractivity contribution is 0.00523. The van der Waals surface area contributed by atoms with Crippen molar-refractivity contribution in [2.24, 2.45) is 10.7 Å². The zero-order valence-electron chi connectivity index (χ0n) is 12.3. The zero-order valence-corrected chi connectivity index (χ0v) is 12.3. The molecule has 5 nitrogen and oxygen atoms in total. The van der Waals surface area contributed by atoms with Crippen LogP contribution in [0.15, 0.2) is 4.99 Å². The third-order valence-electron chi connectivity index (χ3n) is 4.18. The molecule has 5 heteroatoms. The van der Waals surface area contributed by atoms with E-state index >= 15 is 0 Å². The molecule has 2 saturated heterocycles. The number of hydrogen-bond acceptors (Lipinski definition) is 3. The summed E-state index contributed by atoms with van der Waals surface area (Å²) in [5, 5.41) is 0. The molecule has 0 spiro atoms. The number of guanidine groups is 1. The number of likely N-dealkylation sites (tertiary alicyclic amines) is 1. The highest BCUT2D eigenvalue weighted by Crippen LogP contribution is 2.16. The van der Waals surface area contributed by atoms with Gasteiger partial charge in [0.2, 0.25) is 0 Å². The van der Waals surface area contributed by atoms with Gasteiger partial charge >= 0.3 is 0 Å². The van der Waals surface area contributed by atoms with E-state index in [-0.39, 0.29) is 6.10 Å². The van der Waals surface area contributed by atoms with Gasteiger partial charge in [0.05, 0.1) is 19.3 Å². The Kier molecular flexibility index (Phi) is 5.45. The summed E-state index contributed by atoms with van der Waals surface area (Å²) in [6.07, 6.45) is 4.16. The number of piperidine rings is 1. The Bertz CT molecular complexity index is 308. The lowest BCUT2D eigenvalue weighted by Gasteiger charge is -2.35. The number of aliphatic imine (C=N–C) groups is 1. The van der Waals surface area contributed by atoms with Crippen LogP contribution in [0.2, 0.25) is 0 Å². The van der Waals surface area contributed by atoms with Crippen LogP contribution in [0, 0.1) is 0 Å². The summed E-state index contributed by atoms with van der Waals surface area (Å²) in [5.41, 5.74) is 6.12. The largest absolute Gasteiger partial charge is 0.375 e. The predicted octanol–water partition coefficient (Wildman–Crippen LogP) is 0.896. The molecule has 2 aliphatic heterocycles. The van der Waals surface area contributed by atoms with E-state index in [0.717, 1.165) is 32.8 Å². The van der Waals surface area contributed by atoms with Gasteiger partial charge in [-0.05, 0) is 32.9 Å². The fraction of sp³-hybridized carbons (Fsp3) is 0.929. The van der Waals surface area contributed by atoms with E-state index in [2.05, 4.69) is 28.6 Å². The Balaban J connectivity index is 1.85. The quantitative estimate of drug-likeness (QED) is 0.610. The Hall–Kier alpha value is -0.810. The molecule has 0 amide bonds. The SMILES string of the molecule is CCN1CCCCC1CN=C(N)N1CCOC(C)C1. The summed E-state index contributed by atoms with van der Waals surface area (Å²) in [6, 6.07) is 0.579. The van der Waals surface area contributed by atoms with Crippen molar-refractivity contribution in [3.05, 3.63) is 0 Å². The molecule has 0 radical (unpaired) electrons. The molecule has 110 valence electrons. The normalized spacial score (nSPS) is 30.6. The number of nitrogens with two attached hydrogens (primary N) is 1. The molecular weight excluding hydrogens is 240 g/mol. The molecule has 2 heterocycles. The molecule has 0 aromatic heterocycles. The Morgan fingerprint density at radius 1 is 1.37 bits per heavy atom. The predicted molar refractivity (Wildman–Crippen MR) is 78.4 cm³/mol. The number of likely N-dealkylation sites (N-methyl/N-ethyl adjacent to an activating group) is 1. The van der Waals surface area contributed by atoms with Crippen LogP contribution in [-0.2, 0) is 4.74 Å². The molecule has 0 aromatic rings. The van der Waals surface area contributed by atoms with Crippen molar-refractivity contribution in [3.8, 4) is 0 Å². The van der Waals surface area contributed by atoms with Crippen LogP contribution in [0.1, 0.15) is 33.1 Å². The topological polar surface area (TPSA) is 54.1 Å². The van der Waals surface area contributed by atoms with E-state index in [1.807, 2.05) is 0 Å². The third-order valence-corrected chi connectivity index (χ3v) is 4.18. The summed E-state index contributed by atoms with van der Waals surface area (Å²) < 4.78 is 5.53. The summed E-state index contributed by atoms with van der Waals surface area (Å²) in [7, 11) is 0. The molecule has 2 N–H and O–H groups in total. The first kappa shape index (κ1) is 14.6. The van der Waals surface area contributed by atoms with Gasteiger partial charge in [0.25, 0.3) is 0 Å². The minimum Gasteiger partial charge on any atom is -0.375 e. The van der Waals surface area contributed by atoms with Crippen molar-refractivity contribution in [3.63, 3.8) is 0 Å². The standard InChI is InChI=1S/C14H28N4O/c1-3-17-7-5-4-6-13(17)10-16-14(15)18-8-9-19-12(2)11-18/h12-13H,3-11H2,1-2H3,(H2,15,16). The van der Waals surface area contributed by atoms with Crippen molar-refractivity contribution < 1.29 is 4.74 Å². The summed E-state index contributed by atoms with van der Waals surface area (Å²) in [6.45, 7) is 9.96. The van der Waals surface area contributed by atoms with Crippen molar-refractivity contribution in [1.82, 2.24) is 9.80 Å². The summed E-state index contributed by atoms with van der Waals surface area (Å²) >= 11 is 0. The second-order valence-electron chi connectivity index (χ2n) is 5.60. The molecule has 2 aliphatic rings. The number of hydrogen-bond donors (Lipinski definition) is 1. The van der Waals surface area contributed by atoms with Crippen LogP contribution in [0.5, 0.6) is 0 Å². The maximum atomic E-state index is 6.12. The molecule has 0 aromatic carbocycles. The third kappa shape index (κ3) is 4.08. The van der Waals surface area contributed by atoms with Gasteiger partial charge in [-0.1, -0.05) is 13.3 Å². The van der Waals surface area contributed by atoms with E-state index in [1.54, 1.807) is 0 Å². The number of ether oxygens (including phenoxy) is 1. The average Bonchev–Trinajstić information content (AvgIpc) is 2.45. The van der Waals surface area contributed by atoms with Gasteiger partial charge in [0.15, 0.2) is 5.96 Å². The highest BCUT2D eigenvalue weighted by Gasteiger charge is 2.22. The van der Waals surface area contributed by atoms with Crippen LogP contribution in [0.3, 0.4) is 0 Å². The molecule has 0 saturated carbocycles. The van der Waals surface area contributed by atoms with Crippen molar-refractivity contribution >= 4 is 5.96 Å². The zero-order chi connectivity index (χ0) is 13.7. The second-order valence-corrected chi connectivity index (χ2v) is 5.60. The minimum absolute atomic E-state index is 0.254. The molecular formula is C14H28N4O. The molecule has 2 fully saturated rings. The highest BCUT2D eigenvalue weighted by molar-refractivity contribution is 5.78.